The number of nitrogens with zero attached hydrogens (tertiary/aromatic N) is 3. The van der Waals surface area contributed by atoms with Crippen molar-refractivity contribution in [3.8, 4) is 0 Å². The zero-order valence-corrected chi connectivity index (χ0v) is 15.4. The summed E-state index contributed by atoms with van der Waals surface area (Å²) in [7, 11) is -3.84. The molecule has 4 N–H and O–H groups in total. The Morgan fingerprint density at radius 3 is 2.26 bits per heavy atom. The molecule has 0 radical (unpaired) electrons. The molecule has 0 atom stereocenters. The molecule has 1 aromatic heterocycles. The van der Waals surface area contributed by atoms with Crippen LogP contribution in [0, 0.1) is 13.8 Å². The van der Waals surface area contributed by atoms with Crippen LogP contribution in [0.4, 0.5) is 11.6 Å². The summed E-state index contributed by atoms with van der Waals surface area (Å²) in [6.07, 6.45) is 0. The monoisotopic (exact) mass is 387 g/mol. The molecule has 1 aliphatic rings. The summed E-state index contributed by atoms with van der Waals surface area (Å²) in [4.78, 5) is 19.7. The standard InChI is InChI=1S/C16H17N7O3S/c1-9-8-10(2)18-16(17-9)23-27(25,26)13-6-4-12(5-7-13)20-21-14-11(3)19-22-15(14)24/h4-8,19-20H,3H2,1-2H3,(H,22,24)(H,17,18,23). The van der Waals surface area contributed by atoms with Crippen molar-refractivity contribution >= 4 is 33.3 Å². The van der Waals surface area contributed by atoms with Gasteiger partial charge >= 0.3 is 0 Å². The Labute approximate surface area is 155 Å². The molecule has 1 aromatic carbocycles. The van der Waals surface area contributed by atoms with Crippen LogP contribution < -0.4 is 21.0 Å². The van der Waals surface area contributed by atoms with E-state index in [1.54, 1.807) is 19.9 Å². The van der Waals surface area contributed by atoms with Crippen molar-refractivity contribution in [2.45, 2.75) is 18.7 Å². The number of aryl methyl sites for hydroxylation is 2. The second kappa shape index (κ2) is 7.03. The van der Waals surface area contributed by atoms with Gasteiger partial charge in [-0.05, 0) is 44.2 Å². The number of nitrogens with one attached hydrogen (secondary N) is 4. The topological polar surface area (TPSA) is 137 Å². The van der Waals surface area contributed by atoms with Gasteiger partial charge in [-0.15, -0.1) is 0 Å². The number of hydrazine groups is 1. The molecule has 2 heterocycles. The molecule has 10 nitrogen and oxygen atoms in total. The first-order chi connectivity index (χ1) is 12.7. The predicted molar refractivity (Wildman–Crippen MR) is 100 cm³/mol. The van der Waals surface area contributed by atoms with Gasteiger partial charge in [-0.2, -0.15) is 5.10 Å². The molecule has 140 valence electrons. The Morgan fingerprint density at radius 2 is 1.70 bits per heavy atom. The lowest BCUT2D eigenvalue weighted by Crippen LogP contribution is -2.25. The molecule has 0 bridgehead atoms. The Balaban J connectivity index is 1.75. The van der Waals surface area contributed by atoms with Crippen molar-refractivity contribution in [2.75, 3.05) is 10.1 Å². The molecular formula is C16H17N7O3S. The maximum Gasteiger partial charge on any atom is 0.292 e. The maximum absolute atomic E-state index is 12.5. The van der Waals surface area contributed by atoms with Crippen molar-refractivity contribution in [2.24, 2.45) is 5.10 Å². The van der Waals surface area contributed by atoms with Crippen molar-refractivity contribution in [1.82, 2.24) is 20.8 Å². The highest BCUT2D eigenvalue weighted by molar-refractivity contribution is 7.92. The van der Waals surface area contributed by atoms with Crippen LogP contribution in [-0.2, 0) is 14.8 Å². The largest absolute Gasteiger partial charge is 0.296 e. The van der Waals surface area contributed by atoms with E-state index in [9.17, 15) is 13.2 Å². The van der Waals surface area contributed by atoms with E-state index in [1.165, 1.54) is 24.3 Å². The summed E-state index contributed by atoms with van der Waals surface area (Å²) in [5, 5.41) is 3.94. The van der Waals surface area contributed by atoms with E-state index in [4.69, 9.17) is 0 Å². The zero-order chi connectivity index (χ0) is 19.6. The summed E-state index contributed by atoms with van der Waals surface area (Å²) in [6, 6.07) is 7.58. The Kier molecular flexibility index (Phi) is 4.77. The van der Waals surface area contributed by atoms with Gasteiger partial charge in [0.25, 0.3) is 15.9 Å². The molecule has 1 amide bonds. The number of carbonyl (C=O) groups is 1. The number of hydrogen-bond donors (Lipinski definition) is 4. The lowest BCUT2D eigenvalue weighted by Gasteiger charge is -2.08. The number of amides is 1. The summed E-state index contributed by atoms with van der Waals surface area (Å²) in [5.41, 5.74) is 9.85. The third kappa shape index (κ3) is 4.20. The number of aromatic nitrogens is 2. The van der Waals surface area contributed by atoms with E-state index < -0.39 is 15.9 Å². The molecule has 1 fully saturated rings. The fourth-order valence-electron chi connectivity index (χ4n) is 2.29. The third-order valence-electron chi connectivity index (χ3n) is 3.50. The van der Waals surface area contributed by atoms with Crippen LogP contribution in [0.3, 0.4) is 0 Å². The molecule has 11 heteroatoms. The number of hydrogen-bond acceptors (Lipinski definition) is 8. The third-order valence-corrected chi connectivity index (χ3v) is 4.84. The van der Waals surface area contributed by atoms with E-state index in [2.05, 4.69) is 42.6 Å². The predicted octanol–water partition coefficient (Wildman–Crippen LogP) is 0.810. The van der Waals surface area contributed by atoms with Gasteiger partial charge in [0.05, 0.1) is 16.3 Å². The average molecular weight is 387 g/mol. The molecule has 0 spiro atoms. The van der Waals surface area contributed by atoms with Gasteiger partial charge in [-0.25, -0.2) is 23.1 Å². The number of anilines is 2. The minimum absolute atomic E-state index is 0.0133. The zero-order valence-electron chi connectivity index (χ0n) is 14.6. The van der Waals surface area contributed by atoms with Crippen molar-refractivity contribution in [3.63, 3.8) is 0 Å². The molecular weight excluding hydrogens is 370 g/mol. The van der Waals surface area contributed by atoms with Crippen LogP contribution in [0.2, 0.25) is 0 Å². The smallest absolute Gasteiger partial charge is 0.292 e. The lowest BCUT2D eigenvalue weighted by molar-refractivity contribution is -0.114. The van der Waals surface area contributed by atoms with Crippen molar-refractivity contribution in [1.29, 1.82) is 0 Å². The minimum atomic E-state index is -3.84. The van der Waals surface area contributed by atoms with Crippen molar-refractivity contribution in [3.05, 3.63) is 54.0 Å². The molecule has 0 aliphatic carbocycles. The second-order valence-electron chi connectivity index (χ2n) is 5.73. The first-order valence-electron chi connectivity index (χ1n) is 7.79. The van der Waals surface area contributed by atoms with E-state index in [-0.39, 0.29) is 16.6 Å². The maximum atomic E-state index is 12.5. The van der Waals surface area contributed by atoms with E-state index in [1.807, 2.05) is 0 Å². The molecule has 1 saturated heterocycles. The average Bonchev–Trinajstić information content (AvgIpc) is 2.90. The summed E-state index contributed by atoms with van der Waals surface area (Å²) in [5.74, 6) is -0.399. The number of hydrazone groups is 1. The van der Waals surface area contributed by atoms with E-state index in [0.29, 0.717) is 22.8 Å². The minimum Gasteiger partial charge on any atom is -0.296 e. The van der Waals surface area contributed by atoms with Gasteiger partial charge in [0.1, 0.15) is 0 Å². The summed E-state index contributed by atoms with van der Waals surface area (Å²) < 4.78 is 27.3. The second-order valence-corrected chi connectivity index (χ2v) is 7.42. The van der Waals surface area contributed by atoms with Gasteiger partial charge in [0.2, 0.25) is 5.95 Å². The normalized spacial score (nSPS) is 15.4. The summed E-state index contributed by atoms with van der Waals surface area (Å²) in [6.45, 7) is 7.14. The highest BCUT2D eigenvalue weighted by Crippen LogP contribution is 2.17. The van der Waals surface area contributed by atoms with Crippen LogP contribution in [0.1, 0.15) is 11.4 Å². The van der Waals surface area contributed by atoms with Gasteiger partial charge in [0, 0.05) is 11.4 Å². The molecule has 3 rings (SSSR count). The van der Waals surface area contributed by atoms with Crippen molar-refractivity contribution < 1.29 is 13.2 Å². The Hall–Kier alpha value is -3.47. The number of carbonyl (C=O) groups excluding carboxylic acids is 1. The first-order valence-corrected chi connectivity index (χ1v) is 9.27. The SMILES string of the molecule is C=C1NNC(=O)C1=NNc1ccc(S(=O)(=O)Nc2nc(C)cc(C)n2)cc1. The van der Waals surface area contributed by atoms with Gasteiger partial charge in [-0.1, -0.05) is 6.58 Å². The fourth-order valence-corrected chi connectivity index (χ4v) is 3.23. The van der Waals surface area contributed by atoms with Crippen LogP contribution in [0.25, 0.3) is 0 Å². The highest BCUT2D eigenvalue weighted by atomic mass is 32.2. The number of benzene rings is 1. The molecule has 2 aromatic rings. The van der Waals surface area contributed by atoms with E-state index in [0.717, 1.165) is 0 Å². The lowest BCUT2D eigenvalue weighted by atomic mass is 10.3. The van der Waals surface area contributed by atoms with E-state index >= 15 is 0 Å². The molecule has 0 unspecified atom stereocenters. The first kappa shape index (κ1) is 18.3. The fraction of sp³-hybridized carbons (Fsp3) is 0.125. The van der Waals surface area contributed by atoms with Crippen LogP contribution in [0.15, 0.2) is 52.6 Å². The summed E-state index contributed by atoms with van der Waals surface area (Å²) >= 11 is 0. The van der Waals surface area contributed by atoms with Crippen LogP contribution in [-0.4, -0.2) is 30.0 Å². The Morgan fingerprint density at radius 1 is 1.07 bits per heavy atom. The van der Waals surface area contributed by atoms with Crippen LogP contribution >= 0.6 is 0 Å². The quantitative estimate of drug-likeness (QED) is 0.557. The Bertz CT molecular complexity index is 1010. The molecule has 0 saturated carbocycles. The van der Waals surface area contributed by atoms with Crippen LogP contribution in [0.5, 0.6) is 0 Å². The van der Waals surface area contributed by atoms with Gasteiger partial charge in [0.15, 0.2) is 5.71 Å². The number of sulfonamides is 1. The van der Waals surface area contributed by atoms with Gasteiger partial charge < -0.3 is 0 Å². The molecule has 1 aliphatic heterocycles. The molecule has 27 heavy (non-hydrogen) atoms. The number of rotatable bonds is 5. The van der Waals surface area contributed by atoms with Gasteiger partial charge in [-0.3, -0.25) is 21.1 Å². The highest BCUT2D eigenvalue weighted by Gasteiger charge is 2.22.